The first-order valence-electron chi connectivity index (χ1n) is 4.25. The first kappa shape index (κ1) is 9.18. The third-order valence-corrected chi connectivity index (χ3v) is 1.99. The van der Waals surface area contributed by atoms with Crippen molar-refractivity contribution < 1.29 is 4.79 Å². The molecule has 1 amide bonds. The summed E-state index contributed by atoms with van der Waals surface area (Å²) < 4.78 is 0. The summed E-state index contributed by atoms with van der Waals surface area (Å²) in [6, 6.07) is 8.58. The van der Waals surface area contributed by atoms with Gasteiger partial charge in [-0.2, -0.15) is 0 Å². The Morgan fingerprint density at radius 3 is 3.07 bits per heavy atom. The van der Waals surface area contributed by atoms with Gasteiger partial charge in [0, 0.05) is 22.1 Å². The summed E-state index contributed by atoms with van der Waals surface area (Å²) in [6.45, 7) is 0. The summed E-state index contributed by atoms with van der Waals surface area (Å²) in [5, 5.41) is 3.87. The molecule has 0 aliphatic carbocycles. The Hall–Kier alpha value is -2.39. The number of fused-ring (bicyclic) bond motifs is 1. The van der Waals surface area contributed by atoms with Gasteiger partial charge >= 0.3 is 0 Å². The predicted octanol–water partition coefficient (Wildman–Crippen LogP) is 2.69. The minimum Gasteiger partial charge on any atom is -0.287 e. The first-order chi connectivity index (χ1) is 7.31. The number of rotatable bonds is 1. The second-order valence-electron chi connectivity index (χ2n) is 2.91. The topological polar surface area (TPSA) is 78.7 Å². The van der Waals surface area contributed by atoms with E-state index in [1.165, 1.54) is 0 Å². The van der Waals surface area contributed by atoms with Crippen molar-refractivity contribution in [3.8, 4) is 0 Å². The highest BCUT2D eigenvalue weighted by atomic mass is 16.1. The van der Waals surface area contributed by atoms with Crippen LogP contribution in [0.5, 0.6) is 0 Å². The molecule has 1 aromatic heterocycles. The fraction of sp³-hybridized carbons (Fsp3) is 0. The van der Waals surface area contributed by atoms with Crippen molar-refractivity contribution in [2.24, 2.45) is 5.11 Å². The lowest BCUT2D eigenvalue weighted by Gasteiger charge is -1.98. The van der Waals surface area contributed by atoms with Crippen molar-refractivity contribution >= 4 is 16.8 Å². The molecule has 0 saturated heterocycles. The largest absolute Gasteiger partial charge is 0.287 e. The average Bonchev–Trinajstić information content (AvgIpc) is 2.29. The van der Waals surface area contributed by atoms with Gasteiger partial charge in [-0.15, -0.1) is 0 Å². The highest BCUT2D eigenvalue weighted by Crippen LogP contribution is 2.13. The molecule has 5 heteroatoms. The van der Waals surface area contributed by atoms with Crippen molar-refractivity contribution in [1.82, 2.24) is 4.98 Å². The highest BCUT2D eigenvalue weighted by molar-refractivity contribution is 5.98. The van der Waals surface area contributed by atoms with Gasteiger partial charge in [-0.1, -0.05) is 6.07 Å². The molecule has 0 atom stereocenters. The van der Waals surface area contributed by atoms with Gasteiger partial charge in [-0.3, -0.25) is 9.78 Å². The van der Waals surface area contributed by atoms with Crippen molar-refractivity contribution in [2.75, 3.05) is 0 Å². The van der Waals surface area contributed by atoms with Crippen LogP contribution in [0.4, 0.5) is 0 Å². The van der Waals surface area contributed by atoms with Crippen LogP contribution in [0, 0.1) is 0 Å². The molecule has 0 N–H and O–H groups in total. The van der Waals surface area contributed by atoms with Crippen LogP contribution in [0.1, 0.15) is 10.4 Å². The monoisotopic (exact) mass is 198 g/mol. The molecule has 0 fully saturated rings. The van der Waals surface area contributed by atoms with Gasteiger partial charge in [-0.05, 0) is 34.9 Å². The number of hydrogen-bond acceptors (Lipinski definition) is 2. The molecule has 1 heterocycles. The fourth-order valence-electron chi connectivity index (χ4n) is 1.31. The lowest BCUT2D eigenvalue weighted by atomic mass is 10.1. The Balaban J connectivity index is 2.56. The third-order valence-electron chi connectivity index (χ3n) is 1.99. The van der Waals surface area contributed by atoms with E-state index in [-0.39, 0.29) is 0 Å². The van der Waals surface area contributed by atoms with Crippen LogP contribution in [0.2, 0.25) is 0 Å². The number of nitrogens with zero attached hydrogens (tertiary/aromatic N) is 4. The molecule has 0 aliphatic heterocycles. The molecule has 0 radical (unpaired) electrons. The number of aromatic nitrogens is 1. The van der Waals surface area contributed by atoms with Crippen molar-refractivity contribution in [3.05, 3.63) is 52.5 Å². The fourth-order valence-corrected chi connectivity index (χ4v) is 1.31. The lowest BCUT2D eigenvalue weighted by molar-refractivity contribution is 0.100. The standard InChI is InChI=1S/C10H6N4O/c11-14-13-10(15)8-3-4-9-7(6-8)2-1-5-12-9/h1-6H. The molecular weight excluding hydrogens is 192 g/mol. The summed E-state index contributed by atoms with van der Waals surface area (Å²) in [4.78, 5) is 17.8. The molecule has 72 valence electrons. The molecule has 2 rings (SSSR count). The van der Waals surface area contributed by atoms with Gasteiger partial charge in [0.1, 0.15) is 0 Å². The van der Waals surface area contributed by atoms with E-state index in [1.54, 1.807) is 30.5 Å². The van der Waals surface area contributed by atoms with Crippen LogP contribution in [0.3, 0.4) is 0 Å². The van der Waals surface area contributed by atoms with E-state index < -0.39 is 5.91 Å². The second kappa shape index (κ2) is 3.77. The van der Waals surface area contributed by atoms with E-state index in [2.05, 4.69) is 15.0 Å². The van der Waals surface area contributed by atoms with Crippen LogP contribution < -0.4 is 0 Å². The van der Waals surface area contributed by atoms with Gasteiger partial charge in [0.05, 0.1) is 5.52 Å². The maximum atomic E-state index is 11.2. The first-order valence-corrected chi connectivity index (χ1v) is 4.25. The van der Waals surface area contributed by atoms with E-state index in [9.17, 15) is 4.79 Å². The Morgan fingerprint density at radius 1 is 1.40 bits per heavy atom. The van der Waals surface area contributed by atoms with Crippen LogP contribution in [0.25, 0.3) is 21.3 Å². The summed E-state index contributed by atoms with van der Waals surface area (Å²) in [6.07, 6.45) is 1.68. The molecule has 1 aromatic carbocycles. The zero-order chi connectivity index (χ0) is 10.7. The number of carbonyl (C=O) groups excluding carboxylic acids is 1. The minimum absolute atomic E-state index is 0.369. The van der Waals surface area contributed by atoms with Crippen molar-refractivity contribution in [2.45, 2.75) is 0 Å². The predicted molar refractivity (Wildman–Crippen MR) is 55.2 cm³/mol. The molecule has 0 saturated carbocycles. The molecule has 2 aromatic rings. The van der Waals surface area contributed by atoms with Crippen LogP contribution in [0.15, 0.2) is 41.6 Å². The molecule has 0 aliphatic rings. The van der Waals surface area contributed by atoms with Crippen LogP contribution in [-0.4, -0.2) is 10.9 Å². The maximum absolute atomic E-state index is 11.2. The third kappa shape index (κ3) is 1.77. The van der Waals surface area contributed by atoms with Crippen molar-refractivity contribution in [1.29, 1.82) is 0 Å². The summed E-state index contributed by atoms with van der Waals surface area (Å²) >= 11 is 0. The van der Waals surface area contributed by atoms with E-state index >= 15 is 0 Å². The second-order valence-corrected chi connectivity index (χ2v) is 2.91. The number of amides is 1. The Morgan fingerprint density at radius 2 is 2.27 bits per heavy atom. The molecule has 0 unspecified atom stereocenters. The van der Waals surface area contributed by atoms with Gasteiger partial charge in [-0.25, -0.2) is 0 Å². The molecular formula is C10H6N4O. The Bertz CT molecular complexity index is 572. The SMILES string of the molecule is [N-]=[N+]=NC(=O)c1ccc2ncccc2c1. The van der Waals surface area contributed by atoms with Gasteiger partial charge in [0.2, 0.25) is 5.91 Å². The smallest absolute Gasteiger partial charge is 0.249 e. The van der Waals surface area contributed by atoms with Crippen LogP contribution in [-0.2, 0) is 0 Å². The Kier molecular flexibility index (Phi) is 2.31. The minimum atomic E-state index is -0.580. The zero-order valence-corrected chi connectivity index (χ0v) is 7.66. The summed E-state index contributed by atoms with van der Waals surface area (Å²) in [7, 11) is 0. The number of azide groups is 1. The number of benzene rings is 1. The van der Waals surface area contributed by atoms with E-state index in [1.807, 2.05) is 6.07 Å². The van der Waals surface area contributed by atoms with Gasteiger partial charge in [0.15, 0.2) is 0 Å². The normalized spacial score (nSPS) is 9.60. The number of carbonyl (C=O) groups is 1. The highest BCUT2D eigenvalue weighted by Gasteiger charge is 2.03. The van der Waals surface area contributed by atoms with Gasteiger partial charge in [0.25, 0.3) is 0 Å². The molecule has 0 spiro atoms. The molecule has 5 nitrogen and oxygen atoms in total. The van der Waals surface area contributed by atoms with Crippen LogP contribution >= 0.6 is 0 Å². The molecule has 15 heavy (non-hydrogen) atoms. The quantitative estimate of drug-likeness (QED) is 0.401. The van der Waals surface area contributed by atoms with E-state index in [4.69, 9.17) is 5.53 Å². The Labute approximate surface area is 85.0 Å². The van der Waals surface area contributed by atoms with Gasteiger partial charge < -0.3 is 0 Å². The lowest BCUT2D eigenvalue weighted by Crippen LogP contribution is -1.92. The maximum Gasteiger partial charge on any atom is 0.249 e. The molecule has 0 bridgehead atoms. The van der Waals surface area contributed by atoms with Crippen molar-refractivity contribution in [3.63, 3.8) is 0 Å². The summed E-state index contributed by atoms with van der Waals surface area (Å²) in [5.41, 5.74) is 9.31. The van der Waals surface area contributed by atoms with E-state index in [0.29, 0.717) is 5.56 Å². The van der Waals surface area contributed by atoms with E-state index in [0.717, 1.165) is 10.9 Å². The summed E-state index contributed by atoms with van der Waals surface area (Å²) in [5.74, 6) is -0.580. The zero-order valence-electron chi connectivity index (χ0n) is 7.66. The number of pyridine rings is 1. The average molecular weight is 198 g/mol. The number of hydrogen-bond donors (Lipinski definition) is 0.